The molecule has 2 aromatic carbocycles. The second-order valence-corrected chi connectivity index (χ2v) is 9.16. The fraction of sp³-hybridized carbons (Fsp3) is 0.381. The van der Waals surface area contributed by atoms with E-state index in [1.54, 1.807) is 6.07 Å². The van der Waals surface area contributed by atoms with Gasteiger partial charge in [0.25, 0.3) is 0 Å². The van der Waals surface area contributed by atoms with Crippen LogP contribution in [0.25, 0.3) is 0 Å². The van der Waals surface area contributed by atoms with Crippen molar-refractivity contribution in [2.75, 3.05) is 19.7 Å². The van der Waals surface area contributed by atoms with Gasteiger partial charge in [-0.15, -0.1) is 0 Å². The van der Waals surface area contributed by atoms with Crippen molar-refractivity contribution in [1.29, 1.82) is 0 Å². The molecule has 1 heterocycles. The van der Waals surface area contributed by atoms with Gasteiger partial charge in [0.1, 0.15) is 5.82 Å². The summed E-state index contributed by atoms with van der Waals surface area (Å²) in [4.78, 5) is 13.5. The van der Waals surface area contributed by atoms with Gasteiger partial charge in [-0.05, 0) is 48.7 Å². The molecule has 1 aliphatic rings. The van der Waals surface area contributed by atoms with E-state index in [0.29, 0.717) is 18.2 Å². The minimum absolute atomic E-state index is 0.0295. The van der Waals surface area contributed by atoms with Gasteiger partial charge in [0.15, 0.2) is 0 Å². The third-order valence-corrected chi connectivity index (χ3v) is 6.35. The van der Waals surface area contributed by atoms with Gasteiger partial charge in [0, 0.05) is 19.7 Å². The lowest BCUT2D eigenvalue weighted by molar-refractivity contribution is -0.137. The van der Waals surface area contributed by atoms with Crippen LogP contribution in [0.5, 0.6) is 0 Å². The smallest absolute Gasteiger partial charge is 0.376 e. The zero-order chi connectivity index (χ0) is 23.4. The van der Waals surface area contributed by atoms with E-state index in [1.807, 2.05) is 0 Å². The van der Waals surface area contributed by atoms with Crippen LogP contribution >= 0.6 is 0 Å². The first-order chi connectivity index (χ1) is 15.0. The van der Waals surface area contributed by atoms with Gasteiger partial charge in [-0.1, -0.05) is 18.2 Å². The predicted molar refractivity (Wildman–Crippen MR) is 107 cm³/mol. The third kappa shape index (κ3) is 6.50. The van der Waals surface area contributed by atoms with Gasteiger partial charge < -0.3 is 9.64 Å². The highest BCUT2D eigenvalue weighted by molar-refractivity contribution is 7.89. The summed E-state index contributed by atoms with van der Waals surface area (Å²) in [6.45, 7) is 0.0951. The van der Waals surface area contributed by atoms with E-state index in [9.17, 15) is 30.8 Å². The van der Waals surface area contributed by atoms with Crippen LogP contribution in [0, 0.1) is 5.82 Å². The molecule has 3 rings (SSSR count). The van der Waals surface area contributed by atoms with Crippen molar-refractivity contribution in [2.24, 2.45) is 0 Å². The van der Waals surface area contributed by atoms with Crippen LogP contribution in [0.15, 0.2) is 53.4 Å². The summed E-state index contributed by atoms with van der Waals surface area (Å²) in [6, 6.07) is 8.91. The molecule has 1 fully saturated rings. The molecular formula is C21H22F4N2O4S. The first-order valence-corrected chi connectivity index (χ1v) is 11.3. The molecule has 11 heteroatoms. The molecule has 0 radical (unpaired) electrons. The average molecular weight is 474 g/mol. The van der Waals surface area contributed by atoms with Crippen molar-refractivity contribution in [3.63, 3.8) is 0 Å². The zero-order valence-corrected chi connectivity index (χ0v) is 17.8. The van der Waals surface area contributed by atoms with Crippen molar-refractivity contribution in [3.8, 4) is 0 Å². The van der Waals surface area contributed by atoms with Gasteiger partial charge in [0.2, 0.25) is 15.9 Å². The maximum absolute atomic E-state index is 13.5. The fourth-order valence-corrected chi connectivity index (χ4v) is 4.36. The van der Waals surface area contributed by atoms with Crippen LogP contribution in [-0.2, 0) is 32.3 Å². The second kappa shape index (κ2) is 9.97. The molecule has 6 nitrogen and oxygen atoms in total. The summed E-state index contributed by atoms with van der Waals surface area (Å²) >= 11 is 0. The number of sulfonamides is 1. The van der Waals surface area contributed by atoms with Crippen molar-refractivity contribution in [1.82, 2.24) is 9.62 Å². The molecule has 2 aromatic rings. The van der Waals surface area contributed by atoms with Crippen LogP contribution in [-0.4, -0.2) is 45.0 Å². The Morgan fingerprint density at radius 2 is 1.91 bits per heavy atom. The highest BCUT2D eigenvalue weighted by atomic mass is 32.2. The number of hydrogen-bond acceptors (Lipinski definition) is 4. The highest BCUT2D eigenvalue weighted by Gasteiger charge is 2.32. The molecule has 1 amide bonds. The van der Waals surface area contributed by atoms with Crippen LogP contribution in [0.1, 0.15) is 24.0 Å². The first-order valence-electron chi connectivity index (χ1n) is 9.85. The van der Waals surface area contributed by atoms with E-state index >= 15 is 0 Å². The maximum Gasteiger partial charge on any atom is 0.416 e. The number of nitrogens with zero attached hydrogens (tertiary/aromatic N) is 1. The second-order valence-electron chi connectivity index (χ2n) is 7.39. The summed E-state index contributed by atoms with van der Waals surface area (Å²) in [5.74, 6) is -1.09. The van der Waals surface area contributed by atoms with Crippen LogP contribution in [0.2, 0.25) is 0 Å². The number of carbonyl (C=O) groups is 1. The van der Waals surface area contributed by atoms with E-state index < -0.39 is 44.9 Å². The summed E-state index contributed by atoms with van der Waals surface area (Å²) in [5.41, 5.74) is -0.602. The predicted octanol–water partition coefficient (Wildman–Crippen LogP) is 3.33. The molecule has 0 bridgehead atoms. The number of amides is 1. The summed E-state index contributed by atoms with van der Waals surface area (Å²) in [5, 5.41) is 0. The number of ether oxygens (including phenoxy) is 1. The molecule has 0 saturated carbocycles. The molecular weight excluding hydrogens is 452 g/mol. The molecule has 0 aliphatic carbocycles. The van der Waals surface area contributed by atoms with Gasteiger partial charge in [-0.2, -0.15) is 13.2 Å². The normalized spacial score (nSPS) is 16.8. The molecule has 1 atom stereocenters. The number of hydrogen-bond donors (Lipinski definition) is 1. The van der Waals surface area contributed by atoms with Crippen molar-refractivity contribution in [3.05, 3.63) is 65.5 Å². The molecule has 1 unspecified atom stereocenters. The molecule has 1 saturated heterocycles. The third-order valence-electron chi connectivity index (χ3n) is 4.95. The molecule has 174 valence electrons. The van der Waals surface area contributed by atoms with E-state index in [1.165, 1.54) is 23.1 Å². The molecule has 0 aromatic heterocycles. The lowest BCUT2D eigenvalue weighted by atomic mass is 10.1. The number of benzene rings is 2. The Hall–Kier alpha value is -2.50. The monoisotopic (exact) mass is 474 g/mol. The molecule has 1 N–H and O–H groups in total. The van der Waals surface area contributed by atoms with Gasteiger partial charge in [-0.25, -0.2) is 17.5 Å². The Bertz CT molecular complexity index is 1050. The summed E-state index contributed by atoms with van der Waals surface area (Å²) in [7, 11) is -4.37. The molecule has 1 aliphatic heterocycles. The quantitative estimate of drug-likeness (QED) is 0.596. The first kappa shape index (κ1) is 24.1. The van der Waals surface area contributed by atoms with E-state index in [4.69, 9.17) is 4.74 Å². The van der Waals surface area contributed by atoms with Crippen molar-refractivity contribution >= 4 is 15.9 Å². The summed E-state index contributed by atoms with van der Waals surface area (Å²) in [6.07, 6.45) is -3.38. The van der Waals surface area contributed by atoms with Crippen molar-refractivity contribution in [2.45, 2.75) is 36.6 Å². The van der Waals surface area contributed by atoms with E-state index in [0.717, 1.165) is 31.0 Å². The van der Waals surface area contributed by atoms with Crippen LogP contribution < -0.4 is 4.72 Å². The standard InChI is InChI=1S/C21H22F4N2O4S/c22-17-6-1-4-15(10-17)13-27(14-18-7-3-9-31-18)20(28)12-26-32(29,30)19-8-2-5-16(11-19)21(23,24)25/h1-2,4-6,8,10-11,18,26H,3,7,9,12-14H2. The minimum Gasteiger partial charge on any atom is -0.376 e. The largest absolute Gasteiger partial charge is 0.416 e. The SMILES string of the molecule is O=C(CNS(=O)(=O)c1cccc(C(F)(F)F)c1)N(Cc1cccc(F)c1)CC1CCCO1. The van der Waals surface area contributed by atoms with Gasteiger partial charge >= 0.3 is 6.18 Å². The Morgan fingerprint density at radius 1 is 1.16 bits per heavy atom. The van der Waals surface area contributed by atoms with Crippen LogP contribution in [0.4, 0.5) is 17.6 Å². The molecule has 0 spiro atoms. The Morgan fingerprint density at radius 3 is 2.56 bits per heavy atom. The Labute approximate surface area is 183 Å². The van der Waals surface area contributed by atoms with E-state index in [-0.39, 0.29) is 19.2 Å². The maximum atomic E-state index is 13.5. The Balaban J connectivity index is 1.72. The van der Waals surface area contributed by atoms with Crippen LogP contribution in [0.3, 0.4) is 0 Å². The number of carbonyl (C=O) groups excluding carboxylic acids is 1. The lowest BCUT2D eigenvalue weighted by Crippen LogP contribution is -2.43. The number of nitrogens with one attached hydrogen (secondary N) is 1. The van der Waals surface area contributed by atoms with E-state index in [2.05, 4.69) is 4.72 Å². The fourth-order valence-electron chi connectivity index (χ4n) is 3.34. The Kier molecular flexibility index (Phi) is 7.52. The minimum atomic E-state index is -4.70. The van der Waals surface area contributed by atoms with Gasteiger partial charge in [0.05, 0.1) is 23.1 Å². The number of alkyl halides is 3. The zero-order valence-electron chi connectivity index (χ0n) is 16.9. The van der Waals surface area contributed by atoms with Crippen molar-refractivity contribution < 1.29 is 35.5 Å². The molecule has 32 heavy (non-hydrogen) atoms. The van der Waals surface area contributed by atoms with Gasteiger partial charge in [-0.3, -0.25) is 4.79 Å². The topological polar surface area (TPSA) is 75.7 Å². The number of halogens is 4. The average Bonchev–Trinajstić information content (AvgIpc) is 3.24. The lowest BCUT2D eigenvalue weighted by Gasteiger charge is -2.26. The summed E-state index contributed by atoms with van der Waals surface area (Å²) < 4.78 is 84.7. The highest BCUT2D eigenvalue weighted by Crippen LogP contribution is 2.30. The number of rotatable bonds is 8.